The second kappa shape index (κ2) is 6.79. The highest BCUT2D eigenvalue weighted by Gasteiger charge is 2.34. The molecule has 0 aliphatic heterocycles. The lowest BCUT2D eigenvalue weighted by Gasteiger charge is -2.28. The van der Waals surface area contributed by atoms with Gasteiger partial charge in [0.25, 0.3) is 5.91 Å². The Morgan fingerprint density at radius 1 is 1.17 bits per heavy atom. The van der Waals surface area contributed by atoms with Crippen molar-refractivity contribution in [3.63, 3.8) is 0 Å². The van der Waals surface area contributed by atoms with E-state index in [9.17, 15) is 9.90 Å². The van der Waals surface area contributed by atoms with E-state index in [0.29, 0.717) is 17.1 Å². The Labute approximate surface area is 135 Å². The maximum Gasteiger partial charge on any atom is 0.251 e. The summed E-state index contributed by atoms with van der Waals surface area (Å²) in [6.45, 7) is -0.0130. The molecule has 1 aromatic carbocycles. The lowest BCUT2D eigenvalue weighted by molar-refractivity contribution is 0.0838. The fourth-order valence-corrected chi connectivity index (χ4v) is 2.91. The van der Waals surface area contributed by atoms with Crippen LogP contribution in [0.3, 0.4) is 0 Å². The average Bonchev–Trinajstić information content (AvgIpc) is 3.05. The minimum atomic E-state index is -0.456. The molecule has 0 saturated heterocycles. The first kappa shape index (κ1) is 15.5. The number of aliphatic hydroxyl groups excluding tert-OH is 1. The van der Waals surface area contributed by atoms with E-state index < -0.39 is 5.54 Å². The second-order valence-corrected chi connectivity index (χ2v) is 5.91. The molecule has 1 aliphatic carbocycles. The summed E-state index contributed by atoms with van der Waals surface area (Å²) in [4.78, 5) is 16.3. The van der Waals surface area contributed by atoms with Gasteiger partial charge in [0.05, 0.1) is 18.3 Å². The van der Waals surface area contributed by atoms with Gasteiger partial charge in [-0.25, -0.2) is 0 Å². The number of nitrogens with zero attached hydrogens (tertiary/aromatic N) is 1. The minimum absolute atomic E-state index is 0.0130. The number of pyridine rings is 1. The zero-order valence-corrected chi connectivity index (χ0v) is 12.9. The smallest absolute Gasteiger partial charge is 0.251 e. The van der Waals surface area contributed by atoms with Crippen molar-refractivity contribution in [2.75, 3.05) is 6.61 Å². The van der Waals surface area contributed by atoms with Gasteiger partial charge in [0.2, 0.25) is 0 Å². The molecular weight excluding hydrogens is 292 g/mol. The van der Waals surface area contributed by atoms with E-state index in [1.807, 2.05) is 6.07 Å². The van der Waals surface area contributed by atoms with E-state index >= 15 is 0 Å². The van der Waals surface area contributed by atoms with Crippen LogP contribution in [-0.2, 0) is 0 Å². The summed E-state index contributed by atoms with van der Waals surface area (Å²) in [6, 6.07) is 10.6. The van der Waals surface area contributed by atoms with Gasteiger partial charge < -0.3 is 15.2 Å². The molecule has 1 fully saturated rings. The Balaban J connectivity index is 1.66. The van der Waals surface area contributed by atoms with Gasteiger partial charge >= 0.3 is 0 Å². The van der Waals surface area contributed by atoms with Crippen molar-refractivity contribution in [2.24, 2.45) is 0 Å². The third kappa shape index (κ3) is 3.68. The molecule has 1 saturated carbocycles. The van der Waals surface area contributed by atoms with Crippen LogP contribution in [0.4, 0.5) is 0 Å². The summed E-state index contributed by atoms with van der Waals surface area (Å²) >= 11 is 0. The number of amides is 1. The van der Waals surface area contributed by atoms with Crippen molar-refractivity contribution < 1.29 is 14.6 Å². The van der Waals surface area contributed by atoms with Crippen molar-refractivity contribution in [3.8, 4) is 11.5 Å². The topological polar surface area (TPSA) is 71.5 Å². The maximum atomic E-state index is 12.4. The molecule has 1 amide bonds. The van der Waals surface area contributed by atoms with Gasteiger partial charge in [0, 0.05) is 11.8 Å². The van der Waals surface area contributed by atoms with Crippen LogP contribution in [-0.4, -0.2) is 28.1 Å². The first-order chi connectivity index (χ1) is 11.2. The van der Waals surface area contributed by atoms with Crippen molar-refractivity contribution in [1.82, 2.24) is 10.3 Å². The number of carbonyl (C=O) groups excluding carboxylic acids is 1. The van der Waals surface area contributed by atoms with Gasteiger partial charge in [-0.1, -0.05) is 12.8 Å². The molecule has 0 atom stereocenters. The molecule has 0 spiro atoms. The second-order valence-electron chi connectivity index (χ2n) is 5.91. The number of hydrogen-bond donors (Lipinski definition) is 2. The summed E-state index contributed by atoms with van der Waals surface area (Å²) in [5.41, 5.74) is 0.102. The van der Waals surface area contributed by atoms with Crippen LogP contribution >= 0.6 is 0 Å². The molecule has 2 N–H and O–H groups in total. The van der Waals surface area contributed by atoms with Crippen molar-refractivity contribution >= 4 is 5.91 Å². The molecule has 2 aromatic rings. The zero-order valence-electron chi connectivity index (χ0n) is 12.9. The standard InChI is InChI=1S/C18H20N2O3/c21-13-18(9-1-2-10-18)20-17(22)14-5-7-15(8-6-14)23-16-4-3-11-19-12-16/h3-8,11-12,21H,1-2,9-10,13H2,(H,20,22). The van der Waals surface area contributed by atoms with Gasteiger partial charge in [-0.3, -0.25) is 9.78 Å². The Hall–Kier alpha value is -2.40. The average molecular weight is 312 g/mol. The van der Waals surface area contributed by atoms with Crippen molar-refractivity contribution in [1.29, 1.82) is 0 Å². The number of aromatic nitrogens is 1. The van der Waals surface area contributed by atoms with E-state index in [4.69, 9.17) is 4.74 Å². The van der Waals surface area contributed by atoms with Gasteiger partial charge in [-0.05, 0) is 49.2 Å². The summed E-state index contributed by atoms with van der Waals surface area (Å²) in [6.07, 6.45) is 7.05. The minimum Gasteiger partial charge on any atom is -0.456 e. The van der Waals surface area contributed by atoms with Crippen molar-refractivity contribution in [2.45, 2.75) is 31.2 Å². The summed E-state index contributed by atoms with van der Waals surface area (Å²) < 4.78 is 5.65. The summed E-state index contributed by atoms with van der Waals surface area (Å²) in [7, 11) is 0. The largest absolute Gasteiger partial charge is 0.456 e. The number of hydrogen-bond acceptors (Lipinski definition) is 4. The van der Waals surface area contributed by atoms with Gasteiger partial charge in [0.15, 0.2) is 0 Å². The van der Waals surface area contributed by atoms with Crippen molar-refractivity contribution in [3.05, 3.63) is 54.4 Å². The zero-order chi connectivity index (χ0) is 16.1. The summed E-state index contributed by atoms with van der Waals surface area (Å²) in [5.74, 6) is 1.14. The molecule has 5 heteroatoms. The van der Waals surface area contributed by atoms with Crippen LogP contribution in [0.15, 0.2) is 48.8 Å². The third-order valence-corrected chi connectivity index (χ3v) is 4.23. The predicted molar refractivity (Wildman–Crippen MR) is 86.5 cm³/mol. The number of carbonyl (C=O) groups is 1. The number of aliphatic hydroxyl groups is 1. The van der Waals surface area contributed by atoms with Crippen LogP contribution in [0.25, 0.3) is 0 Å². The number of ether oxygens (including phenoxy) is 1. The maximum absolute atomic E-state index is 12.4. The normalized spacial score (nSPS) is 16.0. The highest BCUT2D eigenvalue weighted by Crippen LogP contribution is 2.29. The Morgan fingerprint density at radius 2 is 1.91 bits per heavy atom. The van der Waals surface area contributed by atoms with Gasteiger partial charge in [0.1, 0.15) is 11.5 Å². The molecular formula is C18H20N2O3. The fourth-order valence-electron chi connectivity index (χ4n) is 2.91. The van der Waals surface area contributed by atoms with Crippen LogP contribution in [0, 0.1) is 0 Å². The molecule has 0 radical (unpaired) electrons. The Morgan fingerprint density at radius 3 is 2.52 bits per heavy atom. The van der Waals surface area contributed by atoms with E-state index in [2.05, 4.69) is 10.3 Å². The lowest BCUT2D eigenvalue weighted by Crippen LogP contribution is -2.49. The third-order valence-electron chi connectivity index (χ3n) is 4.23. The van der Waals surface area contributed by atoms with E-state index in [1.165, 1.54) is 0 Å². The number of rotatable bonds is 5. The SMILES string of the molecule is O=C(NC1(CO)CCCC1)c1ccc(Oc2cccnc2)cc1. The molecule has 3 rings (SSSR count). The highest BCUT2D eigenvalue weighted by atomic mass is 16.5. The molecule has 0 unspecified atom stereocenters. The summed E-state index contributed by atoms with van der Waals surface area (Å²) in [5, 5.41) is 12.6. The fraction of sp³-hybridized carbons (Fsp3) is 0.333. The predicted octanol–water partition coefficient (Wildman–Crippen LogP) is 2.91. The molecule has 23 heavy (non-hydrogen) atoms. The lowest BCUT2D eigenvalue weighted by atomic mass is 9.98. The van der Waals surface area contributed by atoms with Crippen LogP contribution in [0.2, 0.25) is 0 Å². The Kier molecular flexibility index (Phi) is 4.57. The van der Waals surface area contributed by atoms with E-state index in [0.717, 1.165) is 25.7 Å². The van der Waals surface area contributed by atoms with E-state index in [1.54, 1.807) is 42.7 Å². The number of nitrogens with one attached hydrogen (secondary N) is 1. The van der Waals surface area contributed by atoms with Crippen LogP contribution in [0.1, 0.15) is 36.0 Å². The van der Waals surface area contributed by atoms with Crippen LogP contribution in [0.5, 0.6) is 11.5 Å². The number of benzene rings is 1. The highest BCUT2D eigenvalue weighted by molar-refractivity contribution is 5.94. The molecule has 120 valence electrons. The van der Waals surface area contributed by atoms with Gasteiger partial charge in [-0.15, -0.1) is 0 Å². The molecule has 5 nitrogen and oxygen atoms in total. The quantitative estimate of drug-likeness (QED) is 0.890. The first-order valence-corrected chi connectivity index (χ1v) is 7.82. The monoisotopic (exact) mass is 312 g/mol. The molecule has 0 bridgehead atoms. The Bertz CT molecular complexity index is 650. The first-order valence-electron chi connectivity index (χ1n) is 7.82. The molecule has 1 heterocycles. The van der Waals surface area contributed by atoms with E-state index in [-0.39, 0.29) is 12.5 Å². The molecule has 1 aromatic heterocycles. The van der Waals surface area contributed by atoms with Crippen LogP contribution < -0.4 is 10.1 Å². The van der Waals surface area contributed by atoms with Gasteiger partial charge in [-0.2, -0.15) is 0 Å². The molecule has 1 aliphatic rings.